The number of amides is 5. The van der Waals surface area contributed by atoms with E-state index in [1.165, 1.54) is 0 Å². The van der Waals surface area contributed by atoms with E-state index in [0.717, 1.165) is 56.4 Å². The van der Waals surface area contributed by atoms with Gasteiger partial charge < -0.3 is 24.8 Å². The van der Waals surface area contributed by atoms with Crippen molar-refractivity contribution in [3.63, 3.8) is 0 Å². The van der Waals surface area contributed by atoms with Gasteiger partial charge in [0.25, 0.3) is 11.8 Å². The number of nitrogens with zero attached hydrogens (tertiary/aromatic N) is 4. The highest BCUT2D eigenvalue weighted by molar-refractivity contribution is 6.06. The molecule has 7 rings (SSSR count). The fourth-order valence-corrected chi connectivity index (χ4v) is 7.08. The van der Waals surface area contributed by atoms with E-state index in [-0.39, 0.29) is 47.9 Å². The number of imidazole rings is 1. The highest BCUT2D eigenvalue weighted by Gasteiger charge is 2.52. The van der Waals surface area contributed by atoms with Gasteiger partial charge in [0.15, 0.2) is 0 Å². The van der Waals surface area contributed by atoms with E-state index in [2.05, 4.69) is 20.9 Å². The molecule has 4 aliphatic rings. The van der Waals surface area contributed by atoms with Crippen LogP contribution in [0, 0.1) is 11.3 Å². The summed E-state index contributed by atoms with van der Waals surface area (Å²) in [6.07, 6.45) is 9.05. The number of rotatable bonds is 8. The molecule has 0 bridgehead atoms. The maximum absolute atomic E-state index is 13.2. The molecule has 0 radical (unpaired) electrons. The van der Waals surface area contributed by atoms with Crippen LogP contribution in [0.5, 0.6) is 0 Å². The summed E-state index contributed by atoms with van der Waals surface area (Å²) in [5.74, 6) is -0.736. The predicted molar refractivity (Wildman–Crippen MR) is 169 cm³/mol. The molecule has 1 saturated carbocycles. The predicted octanol–water partition coefficient (Wildman–Crippen LogP) is 1.99. The molecule has 12 nitrogen and oxygen atoms in total. The van der Waals surface area contributed by atoms with Crippen LogP contribution in [0.4, 0.5) is 0 Å². The highest BCUT2D eigenvalue weighted by atomic mass is 16.2. The van der Waals surface area contributed by atoms with Crippen molar-refractivity contribution in [3.05, 3.63) is 59.9 Å². The van der Waals surface area contributed by atoms with Crippen LogP contribution < -0.4 is 16.0 Å². The Kier molecular flexibility index (Phi) is 8.06. The molecule has 5 amide bonds. The Bertz CT molecular complexity index is 1710. The van der Waals surface area contributed by atoms with Gasteiger partial charge in [0.05, 0.1) is 16.7 Å². The molecule has 0 unspecified atom stereocenters. The number of pyridine rings is 1. The van der Waals surface area contributed by atoms with Crippen LogP contribution in [-0.2, 0) is 14.4 Å². The average molecular weight is 626 g/mol. The summed E-state index contributed by atoms with van der Waals surface area (Å²) < 4.78 is 1.84. The Hall–Kier alpha value is -4.58. The molecule has 240 valence electrons. The topological polar surface area (TPSA) is 145 Å². The van der Waals surface area contributed by atoms with E-state index in [1.54, 1.807) is 23.2 Å². The molecule has 1 aliphatic carbocycles. The molecule has 4 fully saturated rings. The number of piperidine rings is 1. The second kappa shape index (κ2) is 12.3. The minimum atomic E-state index is -0.740. The number of hydrogen-bond acceptors (Lipinski definition) is 7. The van der Waals surface area contributed by atoms with E-state index in [0.29, 0.717) is 49.4 Å². The number of nitrogens with one attached hydrogen (secondary N) is 3. The van der Waals surface area contributed by atoms with E-state index in [1.807, 2.05) is 34.9 Å². The Morgan fingerprint density at radius 3 is 2.52 bits per heavy atom. The zero-order valence-corrected chi connectivity index (χ0v) is 25.8. The molecule has 1 aromatic carbocycles. The lowest BCUT2D eigenvalue weighted by atomic mass is 9.85. The average Bonchev–Trinajstić information content (AvgIpc) is 3.75. The molecule has 3 aliphatic heterocycles. The molecular weight excluding hydrogens is 586 g/mol. The normalized spacial score (nSPS) is 22.3. The third kappa shape index (κ3) is 6.01. The van der Waals surface area contributed by atoms with Crippen LogP contribution in [-0.4, -0.2) is 94.0 Å². The lowest BCUT2D eigenvalue weighted by molar-refractivity contribution is -0.137. The first kappa shape index (κ1) is 30.1. The zero-order valence-electron chi connectivity index (χ0n) is 25.8. The Labute approximate surface area is 266 Å². The van der Waals surface area contributed by atoms with Gasteiger partial charge in [-0.1, -0.05) is 12.1 Å². The summed E-state index contributed by atoms with van der Waals surface area (Å²) in [7, 11) is 0. The van der Waals surface area contributed by atoms with Crippen LogP contribution in [0.1, 0.15) is 65.7 Å². The third-order valence-electron chi connectivity index (χ3n) is 10.1. The second-order valence-electron chi connectivity index (χ2n) is 13.2. The number of benzene rings is 1. The second-order valence-corrected chi connectivity index (χ2v) is 13.2. The Morgan fingerprint density at radius 2 is 1.78 bits per heavy atom. The van der Waals surface area contributed by atoms with Gasteiger partial charge in [0, 0.05) is 68.1 Å². The van der Waals surface area contributed by atoms with Crippen molar-refractivity contribution in [1.82, 2.24) is 35.1 Å². The third-order valence-corrected chi connectivity index (χ3v) is 10.1. The van der Waals surface area contributed by atoms with E-state index >= 15 is 0 Å². The van der Waals surface area contributed by atoms with Gasteiger partial charge in [-0.3, -0.25) is 29.3 Å². The molecule has 2 aromatic heterocycles. The molecule has 1 atom stereocenters. The summed E-state index contributed by atoms with van der Waals surface area (Å²) in [5.41, 5.74) is 2.64. The first-order valence-electron chi connectivity index (χ1n) is 16.3. The van der Waals surface area contributed by atoms with Crippen LogP contribution in [0.2, 0.25) is 0 Å². The number of carbonyl (C=O) groups is 5. The number of hydrogen-bond donors (Lipinski definition) is 3. The summed E-state index contributed by atoms with van der Waals surface area (Å²) in [6.45, 7) is 3.54. The van der Waals surface area contributed by atoms with Gasteiger partial charge in [-0.05, 0) is 75.9 Å². The van der Waals surface area contributed by atoms with Crippen molar-refractivity contribution in [3.8, 4) is 11.3 Å². The molecule has 12 heteroatoms. The fourth-order valence-electron chi connectivity index (χ4n) is 7.08. The Balaban J connectivity index is 0.883. The monoisotopic (exact) mass is 625 g/mol. The molecular formula is C34H39N7O5. The minimum Gasteiger partial charge on any atom is -0.351 e. The molecule has 5 heterocycles. The number of imide groups is 1. The van der Waals surface area contributed by atoms with E-state index < -0.39 is 5.41 Å². The van der Waals surface area contributed by atoms with Crippen LogP contribution in [0.3, 0.4) is 0 Å². The first-order valence-corrected chi connectivity index (χ1v) is 16.3. The number of aromatic nitrogens is 2. The molecule has 3 saturated heterocycles. The highest BCUT2D eigenvalue weighted by Crippen LogP contribution is 2.38. The summed E-state index contributed by atoms with van der Waals surface area (Å²) in [6, 6.07) is 11.2. The lowest BCUT2D eigenvalue weighted by Crippen LogP contribution is -2.44. The standard InChI is InChI=1S/C34H39N7O5/c42-29-18-34(33(46)38-29)11-15-40(21-34)32(45)22-9-13-39(14-10-22)16-12-35-30(43)24-4-1-3-23(17-24)27-20-41-19-25(7-8-28(41)37-27)31(44)36-26-5-2-6-26/h1,3-4,7-8,17,19-20,22,26H,2,5-6,9-16,18,21H2,(H,35,43)(H,36,44)(H,38,42,46)/t34-/m1/s1. The van der Waals surface area contributed by atoms with Crippen molar-refractivity contribution in [2.24, 2.45) is 11.3 Å². The number of fused-ring (bicyclic) bond motifs is 1. The molecule has 46 heavy (non-hydrogen) atoms. The van der Waals surface area contributed by atoms with Crippen LogP contribution >= 0.6 is 0 Å². The van der Waals surface area contributed by atoms with Crippen molar-refractivity contribution in [2.75, 3.05) is 39.3 Å². The van der Waals surface area contributed by atoms with Crippen molar-refractivity contribution in [1.29, 1.82) is 0 Å². The molecule has 1 spiro atoms. The van der Waals surface area contributed by atoms with Gasteiger partial charge in [-0.25, -0.2) is 4.98 Å². The van der Waals surface area contributed by atoms with Crippen molar-refractivity contribution >= 4 is 35.2 Å². The maximum Gasteiger partial charge on any atom is 0.252 e. The van der Waals surface area contributed by atoms with Gasteiger partial charge in [-0.2, -0.15) is 0 Å². The molecule has 3 aromatic rings. The maximum atomic E-state index is 13.2. The van der Waals surface area contributed by atoms with Crippen LogP contribution in [0.15, 0.2) is 48.8 Å². The largest absolute Gasteiger partial charge is 0.351 e. The number of carbonyl (C=O) groups excluding carboxylic acids is 5. The van der Waals surface area contributed by atoms with Gasteiger partial charge in [0.1, 0.15) is 5.65 Å². The van der Waals surface area contributed by atoms with Gasteiger partial charge in [0.2, 0.25) is 17.7 Å². The van der Waals surface area contributed by atoms with Gasteiger partial charge in [-0.15, -0.1) is 0 Å². The Morgan fingerprint density at radius 1 is 0.957 bits per heavy atom. The summed E-state index contributed by atoms with van der Waals surface area (Å²) >= 11 is 0. The minimum absolute atomic E-state index is 0.0751. The smallest absolute Gasteiger partial charge is 0.252 e. The van der Waals surface area contributed by atoms with Crippen LogP contribution in [0.25, 0.3) is 16.9 Å². The quantitative estimate of drug-likeness (QED) is 0.325. The van der Waals surface area contributed by atoms with E-state index in [9.17, 15) is 24.0 Å². The van der Waals surface area contributed by atoms with E-state index in [4.69, 9.17) is 4.98 Å². The molecule has 3 N–H and O–H groups in total. The lowest BCUT2D eigenvalue weighted by Gasteiger charge is -2.33. The van der Waals surface area contributed by atoms with Crippen molar-refractivity contribution in [2.45, 2.75) is 51.0 Å². The van der Waals surface area contributed by atoms with Gasteiger partial charge >= 0.3 is 0 Å². The summed E-state index contributed by atoms with van der Waals surface area (Å²) in [5, 5.41) is 8.48. The zero-order chi connectivity index (χ0) is 31.8. The first-order chi connectivity index (χ1) is 22.3. The number of likely N-dealkylation sites (tertiary alicyclic amines) is 2. The SMILES string of the molecule is O=C1C[C@@]2(CCN(C(=O)C3CCN(CCNC(=O)c4cccc(-c5cn6cc(C(=O)NC7CCC7)ccc6n5)c4)CC3)C2)C(=O)N1. The summed E-state index contributed by atoms with van der Waals surface area (Å²) in [4.78, 5) is 71.5. The fraction of sp³-hybridized carbons (Fsp3) is 0.471. The van der Waals surface area contributed by atoms with Crippen molar-refractivity contribution < 1.29 is 24.0 Å².